The minimum atomic E-state index is -3.73. The fourth-order valence-corrected chi connectivity index (χ4v) is 2.77. The van der Waals surface area contributed by atoms with Gasteiger partial charge in [0.1, 0.15) is 0 Å². The number of aromatic amines is 2. The van der Waals surface area contributed by atoms with Crippen LogP contribution in [0, 0.1) is 0 Å². The molecule has 9 heteroatoms. The zero-order chi connectivity index (χ0) is 17.3. The lowest BCUT2D eigenvalue weighted by Gasteiger charge is -2.06. The van der Waals surface area contributed by atoms with Gasteiger partial charge in [-0.15, -0.1) is 0 Å². The molecule has 124 valence electrons. The molecule has 5 N–H and O–H groups in total. The summed E-state index contributed by atoms with van der Waals surface area (Å²) in [7, 11) is -3.73. The van der Waals surface area contributed by atoms with Crippen molar-refractivity contribution in [3.8, 4) is 0 Å². The molecule has 0 fully saturated rings. The van der Waals surface area contributed by atoms with E-state index in [0.29, 0.717) is 16.6 Å². The Morgan fingerprint density at radius 1 is 1.04 bits per heavy atom. The summed E-state index contributed by atoms with van der Waals surface area (Å²) in [6, 6.07) is 10.7. The third kappa shape index (κ3) is 3.36. The molecule has 8 nitrogen and oxygen atoms in total. The number of amides is 1. The lowest BCUT2D eigenvalue weighted by Crippen LogP contribution is -2.22. The smallest absolute Gasteiger partial charge is 0.323 e. The molecule has 3 aromatic rings. The molecular weight excluding hydrogens is 332 g/mol. The maximum atomic E-state index is 12.2. The largest absolute Gasteiger partial charge is 0.348 e. The average Bonchev–Trinajstić information content (AvgIpc) is 2.91. The topological polar surface area (TPSA) is 138 Å². The molecule has 0 spiro atoms. The molecule has 1 aromatic heterocycles. The number of hydrogen-bond donors (Lipinski definition) is 4. The Hall–Kier alpha value is -2.91. The highest BCUT2D eigenvalue weighted by Gasteiger charge is 2.09. The molecule has 1 amide bonds. The van der Waals surface area contributed by atoms with Gasteiger partial charge in [-0.1, -0.05) is 12.1 Å². The zero-order valence-electron chi connectivity index (χ0n) is 12.4. The second kappa shape index (κ2) is 5.95. The average molecular weight is 346 g/mol. The first kappa shape index (κ1) is 16.0. The molecule has 0 unspecified atom stereocenters. The van der Waals surface area contributed by atoms with Crippen LogP contribution in [0.25, 0.3) is 11.0 Å². The number of sulfonamides is 1. The standard InChI is InChI=1S/C15H14N4O4S/c16-24(22,23)11-4-1-9(2-5-11)8-17-14(20)10-3-6-12-13(7-10)19-15(21)18-12/h1-7H,8H2,(H,17,20)(H2,16,22,23)(H2,18,19,21). The third-order valence-corrected chi connectivity index (χ3v) is 4.41. The number of benzene rings is 2. The Morgan fingerprint density at radius 3 is 2.38 bits per heavy atom. The number of imidazole rings is 1. The fraction of sp³-hybridized carbons (Fsp3) is 0.0667. The zero-order valence-corrected chi connectivity index (χ0v) is 13.2. The Labute approximate surface area is 136 Å². The molecule has 0 bridgehead atoms. The van der Waals surface area contributed by atoms with Crippen LogP contribution < -0.4 is 16.1 Å². The maximum absolute atomic E-state index is 12.2. The van der Waals surface area contributed by atoms with Crippen LogP contribution in [-0.4, -0.2) is 24.3 Å². The Kier molecular flexibility index (Phi) is 3.96. The molecule has 0 atom stereocenters. The molecule has 0 saturated heterocycles. The monoisotopic (exact) mass is 346 g/mol. The van der Waals surface area contributed by atoms with E-state index >= 15 is 0 Å². The van der Waals surface area contributed by atoms with Crippen molar-refractivity contribution in [2.45, 2.75) is 11.4 Å². The van der Waals surface area contributed by atoms with E-state index in [1.54, 1.807) is 30.3 Å². The molecule has 0 aliphatic rings. The Morgan fingerprint density at radius 2 is 1.71 bits per heavy atom. The lowest BCUT2D eigenvalue weighted by atomic mass is 10.1. The van der Waals surface area contributed by atoms with E-state index in [1.165, 1.54) is 12.1 Å². The first-order chi connectivity index (χ1) is 11.3. The quantitative estimate of drug-likeness (QED) is 0.544. The molecule has 24 heavy (non-hydrogen) atoms. The van der Waals surface area contributed by atoms with Gasteiger partial charge in [0.15, 0.2) is 0 Å². The number of nitrogens with one attached hydrogen (secondary N) is 3. The van der Waals surface area contributed by atoms with Crippen molar-refractivity contribution in [3.05, 3.63) is 64.1 Å². The van der Waals surface area contributed by atoms with Gasteiger partial charge in [0.05, 0.1) is 15.9 Å². The number of H-pyrrole nitrogens is 2. The van der Waals surface area contributed by atoms with Gasteiger partial charge in [-0.05, 0) is 35.9 Å². The van der Waals surface area contributed by atoms with Crippen molar-refractivity contribution in [1.29, 1.82) is 0 Å². The van der Waals surface area contributed by atoms with Gasteiger partial charge in [0.2, 0.25) is 10.0 Å². The van der Waals surface area contributed by atoms with Crippen LogP contribution in [0.1, 0.15) is 15.9 Å². The van der Waals surface area contributed by atoms with Crippen LogP contribution in [0.15, 0.2) is 52.2 Å². The van der Waals surface area contributed by atoms with Gasteiger partial charge >= 0.3 is 5.69 Å². The highest BCUT2D eigenvalue weighted by Crippen LogP contribution is 2.11. The number of carbonyl (C=O) groups excluding carboxylic acids is 1. The van der Waals surface area contributed by atoms with E-state index in [0.717, 1.165) is 5.56 Å². The van der Waals surface area contributed by atoms with E-state index in [-0.39, 0.29) is 23.0 Å². The molecule has 3 rings (SSSR count). The summed E-state index contributed by atoms with van der Waals surface area (Å²) < 4.78 is 22.4. The summed E-state index contributed by atoms with van der Waals surface area (Å²) in [5.41, 5.74) is 1.96. The van der Waals surface area contributed by atoms with Crippen molar-refractivity contribution in [2.75, 3.05) is 0 Å². The normalized spacial score (nSPS) is 11.5. The van der Waals surface area contributed by atoms with Crippen LogP contribution in [0.3, 0.4) is 0 Å². The summed E-state index contributed by atoms with van der Waals surface area (Å²) in [4.78, 5) is 28.6. The van der Waals surface area contributed by atoms with Gasteiger partial charge in [0, 0.05) is 12.1 Å². The molecule has 0 saturated carbocycles. The van der Waals surface area contributed by atoms with Crippen molar-refractivity contribution in [1.82, 2.24) is 15.3 Å². The lowest BCUT2D eigenvalue weighted by molar-refractivity contribution is 0.0951. The van der Waals surface area contributed by atoms with Gasteiger partial charge in [0.25, 0.3) is 5.91 Å². The van der Waals surface area contributed by atoms with Crippen molar-refractivity contribution >= 4 is 27.0 Å². The maximum Gasteiger partial charge on any atom is 0.323 e. The van der Waals surface area contributed by atoms with E-state index in [4.69, 9.17) is 5.14 Å². The van der Waals surface area contributed by atoms with E-state index in [9.17, 15) is 18.0 Å². The van der Waals surface area contributed by atoms with Crippen LogP contribution in [0.5, 0.6) is 0 Å². The van der Waals surface area contributed by atoms with Crippen LogP contribution in [0.2, 0.25) is 0 Å². The van der Waals surface area contributed by atoms with E-state index < -0.39 is 10.0 Å². The number of primary sulfonamides is 1. The van der Waals surface area contributed by atoms with Gasteiger partial charge in [-0.25, -0.2) is 18.4 Å². The van der Waals surface area contributed by atoms with Crippen molar-refractivity contribution < 1.29 is 13.2 Å². The second-order valence-electron chi connectivity index (χ2n) is 5.21. The van der Waals surface area contributed by atoms with Crippen molar-refractivity contribution in [2.24, 2.45) is 5.14 Å². The number of carbonyl (C=O) groups is 1. The second-order valence-corrected chi connectivity index (χ2v) is 6.77. The Balaban J connectivity index is 1.71. The predicted molar refractivity (Wildman–Crippen MR) is 87.9 cm³/mol. The molecule has 0 aliphatic carbocycles. The number of rotatable bonds is 4. The van der Waals surface area contributed by atoms with E-state index in [1.807, 2.05) is 0 Å². The van der Waals surface area contributed by atoms with Crippen molar-refractivity contribution in [3.63, 3.8) is 0 Å². The van der Waals surface area contributed by atoms with E-state index in [2.05, 4.69) is 15.3 Å². The molecule has 0 aliphatic heterocycles. The number of aromatic nitrogens is 2. The summed E-state index contributed by atoms with van der Waals surface area (Å²) in [6.45, 7) is 0.228. The minimum Gasteiger partial charge on any atom is -0.348 e. The molecule has 0 radical (unpaired) electrons. The summed E-state index contributed by atoms with van der Waals surface area (Å²) in [6.07, 6.45) is 0. The SMILES string of the molecule is NS(=O)(=O)c1ccc(CNC(=O)c2ccc3[nH]c(=O)[nH]c3c2)cc1. The molecule has 1 heterocycles. The van der Waals surface area contributed by atoms with Crippen LogP contribution in [0.4, 0.5) is 0 Å². The van der Waals surface area contributed by atoms with Gasteiger partial charge in [-0.2, -0.15) is 0 Å². The highest BCUT2D eigenvalue weighted by molar-refractivity contribution is 7.89. The number of fused-ring (bicyclic) bond motifs is 1. The molecular formula is C15H14N4O4S. The summed E-state index contributed by atoms with van der Waals surface area (Å²) in [5.74, 6) is -0.311. The Bertz CT molecular complexity index is 1060. The van der Waals surface area contributed by atoms with Crippen LogP contribution >= 0.6 is 0 Å². The summed E-state index contributed by atoms with van der Waals surface area (Å²) in [5, 5.41) is 7.75. The first-order valence-corrected chi connectivity index (χ1v) is 8.49. The summed E-state index contributed by atoms with van der Waals surface area (Å²) >= 11 is 0. The van der Waals surface area contributed by atoms with Gasteiger partial charge < -0.3 is 15.3 Å². The predicted octanol–water partition coefficient (Wildman–Crippen LogP) is 0.434. The molecule has 2 aromatic carbocycles. The highest BCUT2D eigenvalue weighted by atomic mass is 32.2. The van der Waals surface area contributed by atoms with Crippen LogP contribution in [-0.2, 0) is 16.6 Å². The van der Waals surface area contributed by atoms with Gasteiger partial charge in [-0.3, -0.25) is 4.79 Å². The first-order valence-electron chi connectivity index (χ1n) is 6.95. The third-order valence-electron chi connectivity index (χ3n) is 3.48. The minimum absolute atomic E-state index is 0.0134. The fourth-order valence-electron chi connectivity index (χ4n) is 2.26. The number of hydrogen-bond acceptors (Lipinski definition) is 4. The number of nitrogens with two attached hydrogens (primary N) is 1.